The summed E-state index contributed by atoms with van der Waals surface area (Å²) in [6.45, 7) is 0. The molecule has 3 heterocycles. The van der Waals surface area contributed by atoms with Gasteiger partial charge in [-0.1, -0.05) is 0 Å². The summed E-state index contributed by atoms with van der Waals surface area (Å²) in [7, 11) is 1.94. The fraction of sp³-hybridized carbons (Fsp3) is 0.0357. The van der Waals surface area contributed by atoms with E-state index in [1.807, 2.05) is 54.4 Å². The Hall–Kier alpha value is -5.29. The highest BCUT2D eigenvalue weighted by Crippen LogP contribution is 2.31. The van der Waals surface area contributed by atoms with Crippen LogP contribution in [0.3, 0.4) is 0 Å². The van der Waals surface area contributed by atoms with Crippen molar-refractivity contribution in [3.63, 3.8) is 0 Å². The first-order valence-corrected chi connectivity index (χ1v) is 11.2. The Morgan fingerprint density at radius 2 is 1.61 bits per heavy atom. The van der Waals surface area contributed by atoms with Gasteiger partial charge >= 0.3 is 0 Å². The number of nitrogens with zero attached hydrogens (tertiary/aromatic N) is 5. The first kappa shape index (κ1) is 22.5. The third kappa shape index (κ3) is 4.81. The molecule has 36 heavy (non-hydrogen) atoms. The molecule has 0 bridgehead atoms. The van der Waals surface area contributed by atoms with E-state index >= 15 is 0 Å². The summed E-state index contributed by atoms with van der Waals surface area (Å²) in [5, 5.41) is 16.3. The van der Waals surface area contributed by atoms with Gasteiger partial charge in [-0.15, -0.1) is 0 Å². The summed E-state index contributed by atoms with van der Waals surface area (Å²) in [6.07, 6.45) is 6.76. The lowest BCUT2D eigenvalue weighted by molar-refractivity contribution is 0.102. The predicted octanol–water partition coefficient (Wildman–Crippen LogP) is 5.66. The molecule has 0 aliphatic carbocycles. The summed E-state index contributed by atoms with van der Waals surface area (Å²) in [4.78, 5) is 27.6. The largest absolute Gasteiger partial charge is 0.344 e. The van der Waals surface area contributed by atoms with Gasteiger partial charge in [-0.25, -0.2) is 4.98 Å². The summed E-state index contributed by atoms with van der Waals surface area (Å²) < 4.78 is 0. The molecule has 0 saturated carbocycles. The summed E-state index contributed by atoms with van der Waals surface area (Å²) in [5.74, 6) is 0.387. The van der Waals surface area contributed by atoms with E-state index in [0.29, 0.717) is 22.6 Å². The Labute approximate surface area is 207 Å². The van der Waals surface area contributed by atoms with Gasteiger partial charge in [0, 0.05) is 65.9 Å². The lowest BCUT2D eigenvalue weighted by Crippen LogP contribution is -2.13. The zero-order chi connectivity index (χ0) is 24.9. The highest BCUT2D eigenvalue weighted by atomic mass is 16.1. The first-order valence-electron chi connectivity index (χ1n) is 11.2. The second-order valence-electron chi connectivity index (χ2n) is 8.02. The molecule has 1 amide bonds. The van der Waals surface area contributed by atoms with Crippen LogP contribution in [0.25, 0.3) is 10.9 Å². The monoisotopic (exact) mass is 471 g/mol. The number of carbonyl (C=O) groups is 1. The number of fused-ring (bicyclic) bond motifs is 1. The SMILES string of the molecule is CN(c1ccc(C(=O)Nc2ccnc(Nc3ccncc3)c2)cc1)c1ccnc2ccc(C#N)cc12. The van der Waals surface area contributed by atoms with Gasteiger partial charge in [-0.3, -0.25) is 14.8 Å². The normalized spacial score (nSPS) is 10.4. The lowest BCUT2D eigenvalue weighted by atomic mass is 10.1. The van der Waals surface area contributed by atoms with Crippen LogP contribution < -0.4 is 15.5 Å². The van der Waals surface area contributed by atoms with Crippen molar-refractivity contribution in [3.8, 4) is 6.07 Å². The molecule has 0 radical (unpaired) electrons. The number of pyridine rings is 3. The number of carbonyl (C=O) groups excluding carboxylic acids is 1. The zero-order valence-corrected chi connectivity index (χ0v) is 19.4. The Balaban J connectivity index is 1.32. The number of rotatable bonds is 6. The molecule has 0 aliphatic heterocycles. The molecule has 0 saturated heterocycles. The average Bonchev–Trinajstić information content (AvgIpc) is 2.93. The molecule has 5 aromatic rings. The van der Waals surface area contributed by atoms with Crippen LogP contribution in [0.1, 0.15) is 15.9 Å². The van der Waals surface area contributed by atoms with Crippen LogP contribution in [0.15, 0.2) is 97.6 Å². The van der Waals surface area contributed by atoms with Crippen molar-refractivity contribution in [1.29, 1.82) is 5.26 Å². The van der Waals surface area contributed by atoms with Gasteiger partial charge in [0.1, 0.15) is 5.82 Å². The van der Waals surface area contributed by atoms with Crippen molar-refractivity contribution in [1.82, 2.24) is 15.0 Å². The molecule has 0 unspecified atom stereocenters. The standard InChI is InChI=1S/C28H21N7O/c1-35(26-11-15-31-25-7-2-19(18-29)16-24(25)26)23-5-3-20(4-6-23)28(36)34-22-10-14-32-27(17-22)33-21-8-12-30-13-9-21/h2-17H,1H3,(H2,30,32,33,34,36). The van der Waals surface area contributed by atoms with Gasteiger partial charge in [0.15, 0.2) is 0 Å². The van der Waals surface area contributed by atoms with Gasteiger partial charge in [0.2, 0.25) is 0 Å². The minimum Gasteiger partial charge on any atom is -0.344 e. The van der Waals surface area contributed by atoms with Crippen molar-refractivity contribution in [2.24, 2.45) is 0 Å². The molecule has 8 heteroatoms. The smallest absolute Gasteiger partial charge is 0.255 e. The van der Waals surface area contributed by atoms with Crippen molar-refractivity contribution < 1.29 is 4.79 Å². The third-order valence-electron chi connectivity index (χ3n) is 5.70. The maximum atomic E-state index is 12.9. The Bertz CT molecular complexity index is 1580. The molecule has 0 aliphatic rings. The number of aromatic nitrogens is 3. The second kappa shape index (κ2) is 9.91. The Morgan fingerprint density at radius 3 is 2.39 bits per heavy atom. The van der Waals surface area contributed by atoms with Crippen LogP contribution in [-0.4, -0.2) is 27.9 Å². The number of nitriles is 1. The number of benzene rings is 2. The van der Waals surface area contributed by atoms with E-state index in [9.17, 15) is 10.1 Å². The van der Waals surface area contributed by atoms with E-state index in [1.165, 1.54) is 0 Å². The van der Waals surface area contributed by atoms with Crippen molar-refractivity contribution >= 4 is 45.4 Å². The Kier molecular flexibility index (Phi) is 6.19. The van der Waals surface area contributed by atoms with Gasteiger partial charge in [0.25, 0.3) is 5.91 Å². The van der Waals surface area contributed by atoms with E-state index in [-0.39, 0.29) is 5.91 Å². The summed E-state index contributed by atoms with van der Waals surface area (Å²) in [5.41, 5.74) is 5.21. The minimum absolute atomic E-state index is 0.224. The number of nitrogens with one attached hydrogen (secondary N) is 2. The van der Waals surface area contributed by atoms with Crippen LogP contribution in [0.5, 0.6) is 0 Å². The van der Waals surface area contributed by atoms with Crippen molar-refractivity contribution in [2.45, 2.75) is 0 Å². The van der Waals surface area contributed by atoms with E-state index in [4.69, 9.17) is 0 Å². The van der Waals surface area contributed by atoms with Crippen LogP contribution in [-0.2, 0) is 0 Å². The molecule has 0 spiro atoms. The van der Waals surface area contributed by atoms with E-state index in [0.717, 1.165) is 28.0 Å². The molecular formula is C28H21N7O. The third-order valence-corrected chi connectivity index (χ3v) is 5.70. The minimum atomic E-state index is -0.224. The quantitative estimate of drug-likeness (QED) is 0.329. The fourth-order valence-corrected chi connectivity index (χ4v) is 3.83. The highest BCUT2D eigenvalue weighted by Gasteiger charge is 2.12. The van der Waals surface area contributed by atoms with Crippen LogP contribution in [0.2, 0.25) is 0 Å². The number of amides is 1. The molecule has 174 valence electrons. The summed E-state index contributed by atoms with van der Waals surface area (Å²) >= 11 is 0. The van der Waals surface area contributed by atoms with Gasteiger partial charge in [-0.05, 0) is 66.7 Å². The van der Waals surface area contributed by atoms with E-state index in [1.54, 1.807) is 55.1 Å². The molecule has 2 aromatic carbocycles. The molecule has 0 atom stereocenters. The molecule has 5 rings (SSSR count). The average molecular weight is 472 g/mol. The Morgan fingerprint density at radius 1 is 0.861 bits per heavy atom. The highest BCUT2D eigenvalue weighted by molar-refractivity contribution is 6.04. The second-order valence-corrected chi connectivity index (χ2v) is 8.02. The van der Waals surface area contributed by atoms with Gasteiger partial charge in [-0.2, -0.15) is 5.26 Å². The maximum Gasteiger partial charge on any atom is 0.255 e. The number of hydrogen-bond acceptors (Lipinski definition) is 7. The van der Waals surface area contributed by atoms with E-state index < -0.39 is 0 Å². The summed E-state index contributed by atoms with van der Waals surface area (Å²) in [6, 6.07) is 24.0. The molecular weight excluding hydrogens is 450 g/mol. The van der Waals surface area contributed by atoms with E-state index in [2.05, 4.69) is 31.7 Å². The number of anilines is 5. The fourth-order valence-electron chi connectivity index (χ4n) is 3.83. The first-order chi connectivity index (χ1) is 17.6. The molecule has 2 N–H and O–H groups in total. The van der Waals surface area contributed by atoms with Crippen molar-refractivity contribution in [2.75, 3.05) is 22.6 Å². The maximum absolute atomic E-state index is 12.9. The molecule has 0 fully saturated rings. The van der Waals surface area contributed by atoms with Gasteiger partial charge in [0.05, 0.1) is 22.8 Å². The topological polar surface area (TPSA) is 107 Å². The zero-order valence-electron chi connectivity index (χ0n) is 19.4. The molecule has 3 aromatic heterocycles. The van der Waals surface area contributed by atoms with Crippen LogP contribution >= 0.6 is 0 Å². The van der Waals surface area contributed by atoms with Crippen LogP contribution in [0.4, 0.5) is 28.6 Å². The van der Waals surface area contributed by atoms with Crippen molar-refractivity contribution in [3.05, 3.63) is 109 Å². The number of hydrogen-bond donors (Lipinski definition) is 2. The molecule has 8 nitrogen and oxygen atoms in total. The van der Waals surface area contributed by atoms with Gasteiger partial charge < -0.3 is 15.5 Å². The van der Waals surface area contributed by atoms with Crippen LogP contribution in [0, 0.1) is 11.3 Å². The predicted molar refractivity (Wildman–Crippen MR) is 141 cm³/mol. The lowest BCUT2D eigenvalue weighted by Gasteiger charge is -2.21.